The topological polar surface area (TPSA) is 38.3 Å². The van der Waals surface area contributed by atoms with Gasteiger partial charge in [0.1, 0.15) is 6.61 Å². The van der Waals surface area contributed by atoms with Crippen LogP contribution in [0.3, 0.4) is 0 Å². The molecule has 13 heavy (non-hydrogen) atoms. The van der Waals surface area contributed by atoms with E-state index in [9.17, 15) is 4.79 Å². The maximum Gasteiger partial charge on any atom is 0.302 e. The molecule has 0 radical (unpaired) electrons. The van der Waals surface area contributed by atoms with E-state index in [0.29, 0.717) is 13.2 Å². The van der Waals surface area contributed by atoms with Crippen LogP contribution in [0.4, 0.5) is 5.69 Å². The van der Waals surface area contributed by atoms with Crippen molar-refractivity contribution < 1.29 is 9.53 Å². The maximum atomic E-state index is 10.4. The molecule has 3 heteroatoms. The van der Waals surface area contributed by atoms with Crippen LogP contribution in [-0.4, -0.2) is 19.1 Å². The Morgan fingerprint density at radius 2 is 2.08 bits per heavy atom. The van der Waals surface area contributed by atoms with Crippen LogP contribution in [0.25, 0.3) is 0 Å². The molecule has 3 nitrogen and oxygen atoms in total. The molecule has 1 aromatic rings. The molecule has 0 fully saturated rings. The van der Waals surface area contributed by atoms with Crippen LogP contribution in [-0.2, 0) is 9.53 Å². The lowest BCUT2D eigenvalue weighted by atomic mass is 10.3. The van der Waals surface area contributed by atoms with Crippen molar-refractivity contribution >= 4 is 11.7 Å². The van der Waals surface area contributed by atoms with Gasteiger partial charge in [-0.25, -0.2) is 0 Å². The summed E-state index contributed by atoms with van der Waals surface area (Å²) in [6.07, 6.45) is 0. The first kappa shape index (κ1) is 9.58. The van der Waals surface area contributed by atoms with Crippen molar-refractivity contribution in [2.45, 2.75) is 6.92 Å². The van der Waals surface area contributed by atoms with Crippen molar-refractivity contribution in [3.8, 4) is 0 Å². The van der Waals surface area contributed by atoms with Gasteiger partial charge in [0.25, 0.3) is 0 Å². The molecule has 0 saturated carbocycles. The number of anilines is 1. The second kappa shape index (κ2) is 5.19. The average molecular weight is 179 g/mol. The molecule has 1 N–H and O–H groups in total. The largest absolute Gasteiger partial charge is 0.464 e. The third kappa shape index (κ3) is 4.15. The first-order valence-electron chi connectivity index (χ1n) is 4.21. The predicted molar refractivity (Wildman–Crippen MR) is 51.6 cm³/mol. The average Bonchev–Trinajstić information content (AvgIpc) is 2.14. The van der Waals surface area contributed by atoms with Gasteiger partial charge in [0.05, 0.1) is 0 Å². The summed E-state index contributed by atoms with van der Waals surface area (Å²) >= 11 is 0. The molecular formula is C10H13NO2. The van der Waals surface area contributed by atoms with Gasteiger partial charge < -0.3 is 10.1 Å². The minimum absolute atomic E-state index is 0.241. The van der Waals surface area contributed by atoms with Gasteiger partial charge in [-0.1, -0.05) is 18.2 Å². The van der Waals surface area contributed by atoms with E-state index in [-0.39, 0.29) is 5.97 Å². The fourth-order valence-corrected chi connectivity index (χ4v) is 0.946. The third-order valence-corrected chi connectivity index (χ3v) is 1.51. The van der Waals surface area contributed by atoms with Crippen molar-refractivity contribution in [3.05, 3.63) is 30.3 Å². The SMILES string of the molecule is CC(=O)OCCNc1ccccc1. The summed E-state index contributed by atoms with van der Waals surface area (Å²) < 4.78 is 4.76. The second-order valence-corrected chi connectivity index (χ2v) is 2.63. The van der Waals surface area contributed by atoms with Gasteiger partial charge in [-0.2, -0.15) is 0 Å². The van der Waals surface area contributed by atoms with Crippen molar-refractivity contribution in [2.75, 3.05) is 18.5 Å². The van der Waals surface area contributed by atoms with Crippen molar-refractivity contribution in [3.63, 3.8) is 0 Å². The first-order chi connectivity index (χ1) is 6.29. The van der Waals surface area contributed by atoms with Crippen LogP contribution >= 0.6 is 0 Å². The minimum atomic E-state index is -0.241. The number of nitrogens with one attached hydrogen (secondary N) is 1. The lowest BCUT2D eigenvalue weighted by molar-refractivity contribution is -0.140. The Bertz CT molecular complexity index is 259. The monoisotopic (exact) mass is 179 g/mol. The van der Waals surface area contributed by atoms with E-state index in [1.165, 1.54) is 6.92 Å². The number of ether oxygens (including phenoxy) is 1. The van der Waals surface area contributed by atoms with Crippen LogP contribution < -0.4 is 5.32 Å². The molecule has 1 rings (SSSR count). The van der Waals surface area contributed by atoms with Crippen molar-refractivity contribution in [2.24, 2.45) is 0 Å². The normalized spacial score (nSPS) is 9.31. The zero-order chi connectivity index (χ0) is 9.52. The summed E-state index contributed by atoms with van der Waals surface area (Å²) in [5.74, 6) is -0.241. The molecule has 0 unspecified atom stereocenters. The Hall–Kier alpha value is -1.51. The zero-order valence-electron chi connectivity index (χ0n) is 7.62. The molecule has 0 aromatic heterocycles. The summed E-state index contributed by atoms with van der Waals surface area (Å²) in [5.41, 5.74) is 1.04. The number of hydrogen-bond acceptors (Lipinski definition) is 3. The highest BCUT2D eigenvalue weighted by Crippen LogP contribution is 2.03. The summed E-state index contributed by atoms with van der Waals surface area (Å²) in [4.78, 5) is 10.4. The van der Waals surface area contributed by atoms with Crippen LogP contribution in [0.5, 0.6) is 0 Å². The van der Waals surface area contributed by atoms with Crippen LogP contribution in [0.15, 0.2) is 30.3 Å². The number of carbonyl (C=O) groups is 1. The summed E-state index contributed by atoms with van der Waals surface area (Å²) in [6, 6.07) is 9.79. The van der Waals surface area contributed by atoms with E-state index < -0.39 is 0 Å². The van der Waals surface area contributed by atoms with E-state index in [1.807, 2.05) is 30.3 Å². The number of para-hydroxylation sites is 1. The fraction of sp³-hybridized carbons (Fsp3) is 0.300. The van der Waals surface area contributed by atoms with E-state index in [0.717, 1.165) is 5.69 Å². The van der Waals surface area contributed by atoms with Gasteiger partial charge in [-0.05, 0) is 12.1 Å². The standard InChI is InChI=1S/C10H13NO2/c1-9(12)13-8-7-11-10-5-3-2-4-6-10/h2-6,11H,7-8H2,1H3. The number of benzene rings is 1. The summed E-state index contributed by atoms with van der Waals surface area (Å²) in [7, 11) is 0. The number of esters is 1. The molecule has 0 heterocycles. The Morgan fingerprint density at radius 3 is 2.69 bits per heavy atom. The highest BCUT2D eigenvalue weighted by Gasteiger charge is 1.92. The Morgan fingerprint density at radius 1 is 1.38 bits per heavy atom. The van der Waals surface area contributed by atoms with Crippen LogP contribution in [0, 0.1) is 0 Å². The Balaban J connectivity index is 2.17. The molecule has 0 atom stereocenters. The molecule has 0 bridgehead atoms. The molecule has 70 valence electrons. The van der Waals surface area contributed by atoms with E-state index in [1.54, 1.807) is 0 Å². The second-order valence-electron chi connectivity index (χ2n) is 2.63. The van der Waals surface area contributed by atoms with Crippen LogP contribution in [0.2, 0.25) is 0 Å². The highest BCUT2D eigenvalue weighted by molar-refractivity contribution is 5.65. The molecule has 0 aliphatic carbocycles. The van der Waals surface area contributed by atoms with Crippen molar-refractivity contribution in [1.29, 1.82) is 0 Å². The zero-order valence-corrected chi connectivity index (χ0v) is 7.62. The predicted octanol–water partition coefficient (Wildman–Crippen LogP) is 1.66. The van der Waals surface area contributed by atoms with Gasteiger partial charge in [0, 0.05) is 19.2 Å². The summed E-state index contributed by atoms with van der Waals surface area (Å²) in [6.45, 7) is 2.45. The smallest absolute Gasteiger partial charge is 0.302 e. The maximum absolute atomic E-state index is 10.4. The quantitative estimate of drug-likeness (QED) is 0.564. The van der Waals surface area contributed by atoms with Gasteiger partial charge in [-0.15, -0.1) is 0 Å². The molecule has 0 amide bonds. The van der Waals surface area contributed by atoms with E-state index in [2.05, 4.69) is 5.32 Å². The third-order valence-electron chi connectivity index (χ3n) is 1.51. The Kier molecular flexibility index (Phi) is 3.82. The van der Waals surface area contributed by atoms with E-state index >= 15 is 0 Å². The molecule has 0 aliphatic heterocycles. The highest BCUT2D eigenvalue weighted by atomic mass is 16.5. The lowest BCUT2D eigenvalue weighted by Crippen LogP contribution is -2.11. The molecule has 0 saturated heterocycles. The number of carbonyl (C=O) groups excluding carboxylic acids is 1. The molecular weight excluding hydrogens is 166 g/mol. The van der Waals surface area contributed by atoms with Crippen molar-refractivity contribution in [1.82, 2.24) is 0 Å². The summed E-state index contributed by atoms with van der Waals surface area (Å²) in [5, 5.41) is 3.12. The molecule has 0 spiro atoms. The van der Waals surface area contributed by atoms with Gasteiger partial charge >= 0.3 is 5.97 Å². The van der Waals surface area contributed by atoms with Gasteiger partial charge in [0.2, 0.25) is 0 Å². The number of hydrogen-bond donors (Lipinski definition) is 1. The first-order valence-corrected chi connectivity index (χ1v) is 4.21. The van der Waals surface area contributed by atoms with Gasteiger partial charge in [-0.3, -0.25) is 4.79 Å². The number of rotatable bonds is 4. The lowest BCUT2D eigenvalue weighted by Gasteiger charge is -2.05. The molecule has 1 aromatic carbocycles. The minimum Gasteiger partial charge on any atom is -0.464 e. The molecule has 0 aliphatic rings. The van der Waals surface area contributed by atoms with Gasteiger partial charge in [0.15, 0.2) is 0 Å². The fourth-order valence-electron chi connectivity index (χ4n) is 0.946. The van der Waals surface area contributed by atoms with E-state index in [4.69, 9.17) is 4.74 Å². The Labute approximate surface area is 77.7 Å². The van der Waals surface area contributed by atoms with Crippen LogP contribution in [0.1, 0.15) is 6.92 Å².